The van der Waals surface area contributed by atoms with Gasteiger partial charge in [0.2, 0.25) is 0 Å². The third-order valence-corrected chi connectivity index (χ3v) is 4.04. The smallest absolute Gasteiger partial charge is 0.0714 e. The van der Waals surface area contributed by atoms with Crippen molar-refractivity contribution in [1.29, 1.82) is 0 Å². The zero-order valence-electron chi connectivity index (χ0n) is 11.9. The Morgan fingerprint density at radius 1 is 1.14 bits per heavy atom. The molecule has 1 heterocycles. The van der Waals surface area contributed by atoms with Crippen molar-refractivity contribution in [2.24, 2.45) is 5.73 Å². The number of para-hydroxylation sites is 1. The van der Waals surface area contributed by atoms with Crippen LogP contribution in [0.5, 0.6) is 0 Å². The average molecular weight is 300 g/mol. The van der Waals surface area contributed by atoms with E-state index in [1.54, 1.807) is 0 Å². The summed E-state index contributed by atoms with van der Waals surface area (Å²) in [5, 5.41) is 6.43. The van der Waals surface area contributed by atoms with Crippen molar-refractivity contribution in [3.8, 4) is 0 Å². The third kappa shape index (κ3) is 2.94. The standard InChI is InChI=1S/C17H18ClN3/c1-12(19)17(10-13-6-8-15(18)9-7-13)21-16-5-3-2-4-14(16)11-20-21/h2-9,11-12,17H,10,19H2,1H3/t12-,17-/m1/s1. The minimum absolute atomic E-state index is 0.00369. The van der Waals surface area contributed by atoms with Gasteiger partial charge >= 0.3 is 0 Å². The molecular formula is C17H18ClN3. The molecule has 3 rings (SSSR count). The number of aromatic nitrogens is 2. The number of nitrogens with zero attached hydrogens (tertiary/aromatic N) is 2. The SMILES string of the molecule is C[C@@H](N)[C@@H](Cc1ccc(Cl)cc1)n1ncc2ccccc21. The van der Waals surface area contributed by atoms with Crippen molar-refractivity contribution < 1.29 is 0 Å². The predicted octanol–water partition coefficient (Wildman–Crippen LogP) is 3.82. The Hall–Kier alpha value is -1.84. The number of nitrogens with two attached hydrogens (primary N) is 1. The number of rotatable bonds is 4. The second-order valence-electron chi connectivity index (χ2n) is 5.41. The lowest BCUT2D eigenvalue weighted by atomic mass is 10.0. The van der Waals surface area contributed by atoms with Crippen LogP contribution in [0.3, 0.4) is 0 Å². The molecule has 21 heavy (non-hydrogen) atoms. The monoisotopic (exact) mass is 299 g/mol. The van der Waals surface area contributed by atoms with Crippen LogP contribution in [0, 0.1) is 0 Å². The molecule has 0 aliphatic heterocycles. The van der Waals surface area contributed by atoms with Crippen LogP contribution in [-0.2, 0) is 6.42 Å². The Bertz CT molecular complexity index is 731. The van der Waals surface area contributed by atoms with E-state index in [1.165, 1.54) is 5.56 Å². The van der Waals surface area contributed by atoms with Crippen LogP contribution in [0.25, 0.3) is 10.9 Å². The second kappa shape index (κ2) is 5.88. The molecule has 3 aromatic rings. The van der Waals surface area contributed by atoms with Gasteiger partial charge in [0.25, 0.3) is 0 Å². The van der Waals surface area contributed by atoms with Crippen LogP contribution in [0.15, 0.2) is 54.7 Å². The lowest BCUT2D eigenvalue weighted by molar-refractivity contribution is 0.402. The highest BCUT2D eigenvalue weighted by Gasteiger charge is 2.19. The maximum Gasteiger partial charge on any atom is 0.0714 e. The summed E-state index contributed by atoms with van der Waals surface area (Å²) in [6.45, 7) is 2.02. The summed E-state index contributed by atoms with van der Waals surface area (Å²) >= 11 is 5.95. The van der Waals surface area contributed by atoms with Crippen molar-refractivity contribution in [1.82, 2.24) is 9.78 Å². The average Bonchev–Trinajstić information content (AvgIpc) is 2.90. The van der Waals surface area contributed by atoms with E-state index in [0.717, 1.165) is 22.3 Å². The zero-order valence-corrected chi connectivity index (χ0v) is 12.7. The number of hydrogen-bond acceptors (Lipinski definition) is 2. The van der Waals surface area contributed by atoms with Crippen LogP contribution >= 0.6 is 11.6 Å². The maximum absolute atomic E-state index is 6.21. The summed E-state index contributed by atoms with van der Waals surface area (Å²) in [7, 11) is 0. The molecule has 0 fully saturated rings. The summed E-state index contributed by atoms with van der Waals surface area (Å²) in [5.74, 6) is 0. The van der Waals surface area contributed by atoms with Crippen molar-refractivity contribution in [2.75, 3.05) is 0 Å². The Labute approximate surface area is 129 Å². The summed E-state index contributed by atoms with van der Waals surface area (Å²) in [6, 6.07) is 16.2. The summed E-state index contributed by atoms with van der Waals surface area (Å²) in [4.78, 5) is 0. The Kier molecular flexibility index (Phi) is 3.95. The fourth-order valence-corrected chi connectivity index (χ4v) is 2.74. The number of hydrogen-bond donors (Lipinski definition) is 1. The first kappa shape index (κ1) is 14.1. The Morgan fingerprint density at radius 2 is 1.86 bits per heavy atom. The fraction of sp³-hybridized carbons (Fsp3) is 0.235. The van der Waals surface area contributed by atoms with Gasteiger partial charge in [-0.15, -0.1) is 0 Å². The fourth-order valence-electron chi connectivity index (χ4n) is 2.61. The normalized spacial score (nSPS) is 14.2. The first-order chi connectivity index (χ1) is 10.1. The van der Waals surface area contributed by atoms with Crippen LogP contribution in [0.1, 0.15) is 18.5 Å². The molecule has 0 bridgehead atoms. The van der Waals surface area contributed by atoms with E-state index in [1.807, 2.05) is 54.2 Å². The van der Waals surface area contributed by atoms with Gasteiger partial charge in [-0.1, -0.05) is 41.9 Å². The second-order valence-corrected chi connectivity index (χ2v) is 5.84. The quantitative estimate of drug-likeness (QED) is 0.796. The molecule has 2 atom stereocenters. The lowest BCUT2D eigenvalue weighted by Crippen LogP contribution is -2.31. The Morgan fingerprint density at radius 3 is 2.57 bits per heavy atom. The first-order valence-corrected chi connectivity index (χ1v) is 7.45. The van der Waals surface area contributed by atoms with E-state index in [2.05, 4.69) is 17.2 Å². The molecule has 3 nitrogen and oxygen atoms in total. The van der Waals surface area contributed by atoms with E-state index in [-0.39, 0.29) is 12.1 Å². The first-order valence-electron chi connectivity index (χ1n) is 7.07. The molecule has 0 spiro atoms. The summed E-state index contributed by atoms with van der Waals surface area (Å²) in [6.07, 6.45) is 2.73. The highest BCUT2D eigenvalue weighted by molar-refractivity contribution is 6.30. The molecule has 0 unspecified atom stereocenters. The molecule has 0 aliphatic rings. The molecular weight excluding hydrogens is 282 g/mol. The largest absolute Gasteiger partial charge is 0.326 e. The van der Waals surface area contributed by atoms with Crippen molar-refractivity contribution in [2.45, 2.75) is 25.4 Å². The van der Waals surface area contributed by atoms with Crippen LogP contribution in [-0.4, -0.2) is 15.8 Å². The highest BCUT2D eigenvalue weighted by Crippen LogP contribution is 2.23. The molecule has 108 valence electrons. The van der Waals surface area contributed by atoms with Gasteiger partial charge in [-0.3, -0.25) is 4.68 Å². The predicted molar refractivity (Wildman–Crippen MR) is 87.6 cm³/mol. The molecule has 0 saturated carbocycles. The molecule has 0 amide bonds. The van der Waals surface area contributed by atoms with Crippen molar-refractivity contribution in [3.05, 3.63) is 65.3 Å². The van der Waals surface area contributed by atoms with Crippen molar-refractivity contribution in [3.63, 3.8) is 0 Å². The summed E-state index contributed by atoms with van der Waals surface area (Å²) in [5.41, 5.74) is 8.54. The van der Waals surface area contributed by atoms with Crippen LogP contribution in [0.4, 0.5) is 0 Å². The van der Waals surface area contributed by atoms with E-state index >= 15 is 0 Å². The topological polar surface area (TPSA) is 43.8 Å². The number of fused-ring (bicyclic) bond motifs is 1. The number of benzene rings is 2. The van der Waals surface area contributed by atoms with E-state index in [9.17, 15) is 0 Å². The van der Waals surface area contributed by atoms with Crippen molar-refractivity contribution >= 4 is 22.5 Å². The molecule has 1 aromatic heterocycles. The van der Waals surface area contributed by atoms with Gasteiger partial charge in [0.1, 0.15) is 0 Å². The van der Waals surface area contributed by atoms with Gasteiger partial charge in [0.05, 0.1) is 17.8 Å². The zero-order chi connectivity index (χ0) is 14.8. The van der Waals surface area contributed by atoms with Gasteiger partial charge in [0.15, 0.2) is 0 Å². The van der Waals surface area contributed by atoms with E-state index < -0.39 is 0 Å². The van der Waals surface area contributed by atoms with Gasteiger partial charge in [-0.05, 0) is 37.1 Å². The summed E-state index contributed by atoms with van der Waals surface area (Å²) < 4.78 is 2.04. The molecule has 0 aliphatic carbocycles. The minimum atomic E-state index is 0.00369. The van der Waals surface area contributed by atoms with Gasteiger partial charge in [-0.2, -0.15) is 5.10 Å². The van der Waals surface area contributed by atoms with Gasteiger partial charge in [0, 0.05) is 16.5 Å². The maximum atomic E-state index is 6.21. The molecule has 2 aromatic carbocycles. The lowest BCUT2D eigenvalue weighted by Gasteiger charge is -2.22. The van der Waals surface area contributed by atoms with E-state index in [0.29, 0.717) is 0 Å². The Balaban J connectivity index is 1.96. The van der Waals surface area contributed by atoms with Gasteiger partial charge < -0.3 is 5.73 Å². The highest BCUT2D eigenvalue weighted by atomic mass is 35.5. The number of halogens is 1. The van der Waals surface area contributed by atoms with Gasteiger partial charge in [-0.25, -0.2) is 0 Å². The van der Waals surface area contributed by atoms with Crippen LogP contribution in [0.2, 0.25) is 5.02 Å². The molecule has 0 radical (unpaired) electrons. The minimum Gasteiger partial charge on any atom is -0.326 e. The molecule has 4 heteroatoms. The van der Waals surface area contributed by atoms with E-state index in [4.69, 9.17) is 17.3 Å². The molecule has 0 saturated heterocycles. The molecule has 2 N–H and O–H groups in total. The van der Waals surface area contributed by atoms with Crippen LogP contribution < -0.4 is 5.73 Å². The third-order valence-electron chi connectivity index (χ3n) is 3.78.